The second-order valence-corrected chi connectivity index (χ2v) is 3.88. The molecule has 6 heteroatoms. The summed E-state index contributed by atoms with van der Waals surface area (Å²) in [4.78, 5) is 0. The highest BCUT2D eigenvalue weighted by Gasteiger charge is 2.51. The largest absolute Gasteiger partial charge is 0.415 e. The molecule has 0 aromatic heterocycles. The molecule has 0 saturated carbocycles. The van der Waals surface area contributed by atoms with Crippen LogP contribution in [0.3, 0.4) is 0 Å². The molecule has 0 aromatic rings. The minimum absolute atomic E-state index is 0.122. The lowest BCUT2D eigenvalue weighted by Gasteiger charge is -2.25. The van der Waals surface area contributed by atoms with E-state index in [4.69, 9.17) is 9.84 Å². The number of halogens is 3. The summed E-state index contributed by atoms with van der Waals surface area (Å²) in [6.45, 7) is 1.32. The van der Waals surface area contributed by atoms with Gasteiger partial charge in [-0.05, 0) is 0 Å². The highest BCUT2D eigenvalue weighted by Crippen LogP contribution is 2.34. The molecular formula is C8H12F3NO2. The molecule has 0 spiro atoms. The van der Waals surface area contributed by atoms with E-state index in [1.807, 2.05) is 0 Å². The average Bonchev–Trinajstić information content (AvgIpc) is 2.59. The Balaban J connectivity index is 2.05. The first kappa shape index (κ1) is 10.2. The molecule has 4 unspecified atom stereocenters. The van der Waals surface area contributed by atoms with Gasteiger partial charge in [0.05, 0.1) is 13.2 Å². The van der Waals surface area contributed by atoms with Crippen molar-refractivity contribution in [2.75, 3.05) is 19.8 Å². The predicted octanol–water partition coefficient (Wildman–Crippen LogP) is 0.144. The smallest absolute Gasteiger partial charge is 0.382 e. The van der Waals surface area contributed by atoms with Gasteiger partial charge in [0.25, 0.3) is 0 Å². The van der Waals surface area contributed by atoms with Crippen LogP contribution in [0.25, 0.3) is 0 Å². The maximum atomic E-state index is 12.2. The molecule has 0 bridgehead atoms. The number of nitrogens with one attached hydrogen (secondary N) is 1. The zero-order valence-electron chi connectivity index (χ0n) is 7.42. The number of hydrogen-bond acceptors (Lipinski definition) is 3. The maximum absolute atomic E-state index is 12.2. The Morgan fingerprint density at radius 1 is 1.36 bits per heavy atom. The van der Waals surface area contributed by atoms with Gasteiger partial charge >= 0.3 is 6.18 Å². The Hall–Kier alpha value is -0.330. The second-order valence-electron chi connectivity index (χ2n) is 3.88. The van der Waals surface area contributed by atoms with E-state index in [1.54, 1.807) is 0 Å². The maximum Gasteiger partial charge on any atom is 0.415 e. The van der Waals surface area contributed by atoms with Crippen molar-refractivity contribution in [3.8, 4) is 0 Å². The van der Waals surface area contributed by atoms with Crippen LogP contribution in [0, 0.1) is 11.8 Å². The summed E-state index contributed by atoms with van der Waals surface area (Å²) in [7, 11) is 0. The number of alkyl halides is 3. The van der Waals surface area contributed by atoms with Gasteiger partial charge in [0.1, 0.15) is 0 Å². The number of hydrogen-bond donors (Lipinski definition) is 2. The van der Waals surface area contributed by atoms with Crippen molar-refractivity contribution in [3.05, 3.63) is 0 Å². The lowest BCUT2D eigenvalue weighted by atomic mass is 9.91. The number of rotatable bonds is 1. The summed E-state index contributed by atoms with van der Waals surface area (Å²) >= 11 is 0. The molecule has 0 amide bonds. The van der Waals surface area contributed by atoms with E-state index in [0.717, 1.165) is 0 Å². The lowest BCUT2D eigenvalue weighted by Crippen LogP contribution is -2.48. The number of fused-ring (bicyclic) bond motifs is 1. The quantitative estimate of drug-likeness (QED) is 0.648. The molecule has 2 aliphatic rings. The fourth-order valence-corrected chi connectivity index (χ4v) is 2.21. The van der Waals surface area contributed by atoms with Crippen molar-refractivity contribution in [2.24, 2.45) is 11.8 Å². The highest BCUT2D eigenvalue weighted by molar-refractivity contribution is 4.98. The van der Waals surface area contributed by atoms with Gasteiger partial charge in [-0.1, -0.05) is 0 Å². The van der Waals surface area contributed by atoms with Crippen LogP contribution in [0.4, 0.5) is 13.2 Å². The first-order chi connectivity index (χ1) is 6.50. The van der Waals surface area contributed by atoms with Crippen LogP contribution in [0.15, 0.2) is 0 Å². The third-order valence-electron chi connectivity index (χ3n) is 3.00. The first-order valence-corrected chi connectivity index (χ1v) is 4.56. The Labute approximate surface area is 79.2 Å². The fourth-order valence-electron chi connectivity index (χ4n) is 2.21. The van der Waals surface area contributed by atoms with E-state index in [9.17, 15) is 13.2 Å². The van der Waals surface area contributed by atoms with Crippen LogP contribution in [-0.4, -0.2) is 43.2 Å². The predicted molar refractivity (Wildman–Crippen MR) is 41.7 cm³/mol. The lowest BCUT2D eigenvalue weighted by molar-refractivity contribution is -0.214. The van der Waals surface area contributed by atoms with E-state index in [1.165, 1.54) is 0 Å². The molecule has 2 N–H and O–H groups in total. The van der Waals surface area contributed by atoms with E-state index in [-0.39, 0.29) is 11.8 Å². The van der Waals surface area contributed by atoms with Crippen molar-refractivity contribution in [3.63, 3.8) is 0 Å². The summed E-state index contributed by atoms with van der Waals surface area (Å²) in [5, 5.41) is 11.8. The topological polar surface area (TPSA) is 41.5 Å². The summed E-state index contributed by atoms with van der Waals surface area (Å²) < 4.78 is 41.8. The van der Waals surface area contributed by atoms with E-state index in [2.05, 4.69) is 5.32 Å². The fraction of sp³-hybridized carbons (Fsp3) is 1.00. The van der Waals surface area contributed by atoms with Crippen LogP contribution in [-0.2, 0) is 4.74 Å². The third-order valence-corrected chi connectivity index (χ3v) is 3.00. The van der Waals surface area contributed by atoms with Crippen LogP contribution < -0.4 is 5.32 Å². The van der Waals surface area contributed by atoms with Crippen LogP contribution in [0.1, 0.15) is 0 Å². The van der Waals surface area contributed by atoms with Gasteiger partial charge < -0.3 is 15.2 Å². The van der Waals surface area contributed by atoms with Crippen molar-refractivity contribution >= 4 is 0 Å². The van der Waals surface area contributed by atoms with Crippen LogP contribution in [0.5, 0.6) is 0 Å². The SMILES string of the molecule is OC(C1NCC2COCC21)C(F)(F)F. The molecule has 14 heavy (non-hydrogen) atoms. The highest BCUT2D eigenvalue weighted by atomic mass is 19.4. The molecule has 0 aromatic carbocycles. The number of ether oxygens (including phenoxy) is 1. The zero-order valence-corrected chi connectivity index (χ0v) is 7.42. The Kier molecular flexibility index (Phi) is 2.45. The standard InChI is InChI=1S/C8H12F3NO2/c9-8(10,11)7(13)6-5-3-14-2-4(5)1-12-6/h4-7,12-13H,1-3H2. The molecule has 4 atom stereocenters. The monoisotopic (exact) mass is 211 g/mol. The molecule has 2 aliphatic heterocycles. The van der Waals surface area contributed by atoms with Crippen molar-refractivity contribution in [1.82, 2.24) is 5.32 Å². The molecule has 3 nitrogen and oxygen atoms in total. The van der Waals surface area contributed by atoms with Crippen LogP contribution >= 0.6 is 0 Å². The van der Waals surface area contributed by atoms with Crippen molar-refractivity contribution in [1.29, 1.82) is 0 Å². The first-order valence-electron chi connectivity index (χ1n) is 4.56. The molecule has 0 aliphatic carbocycles. The van der Waals surface area contributed by atoms with Crippen molar-refractivity contribution in [2.45, 2.75) is 18.3 Å². The van der Waals surface area contributed by atoms with Gasteiger partial charge in [-0.15, -0.1) is 0 Å². The Bertz CT molecular complexity index is 221. The minimum Gasteiger partial charge on any atom is -0.382 e. The molecule has 0 radical (unpaired) electrons. The summed E-state index contributed by atoms with van der Waals surface area (Å²) in [5.74, 6) is -0.0800. The molecular weight excluding hydrogens is 199 g/mol. The normalized spacial score (nSPS) is 39.9. The van der Waals surface area contributed by atoms with Gasteiger partial charge in [0.2, 0.25) is 0 Å². The van der Waals surface area contributed by atoms with Crippen molar-refractivity contribution < 1.29 is 23.0 Å². The zero-order chi connectivity index (χ0) is 10.3. The minimum atomic E-state index is -4.55. The summed E-state index contributed by atoms with van der Waals surface area (Å²) in [6, 6.07) is -0.900. The van der Waals surface area contributed by atoms with Crippen LogP contribution in [0.2, 0.25) is 0 Å². The Morgan fingerprint density at radius 3 is 2.71 bits per heavy atom. The molecule has 2 fully saturated rings. The number of aliphatic hydroxyl groups excluding tert-OH is 1. The van der Waals surface area contributed by atoms with Gasteiger partial charge in [0.15, 0.2) is 6.10 Å². The van der Waals surface area contributed by atoms with Gasteiger partial charge in [-0.2, -0.15) is 13.2 Å². The molecule has 2 saturated heterocycles. The van der Waals surface area contributed by atoms with Gasteiger partial charge in [0, 0.05) is 24.4 Å². The van der Waals surface area contributed by atoms with E-state index >= 15 is 0 Å². The van der Waals surface area contributed by atoms with Gasteiger partial charge in [-0.25, -0.2) is 0 Å². The second kappa shape index (κ2) is 3.36. The summed E-state index contributed by atoms with van der Waals surface area (Å²) in [6.07, 6.45) is -6.82. The molecule has 82 valence electrons. The summed E-state index contributed by atoms with van der Waals surface area (Å²) in [5.41, 5.74) is 0. The molecule has 2 heterocycles. The average molecular weight is 211 g/mol. The Morgan fingerprint density at radius 2 is 2.07 bits per heavy atom. The number of aliphatic hydroxyl groups is 1. The third kappa shape index (κ3) is 1.62. The van der Waals surface area contributed by atoms with Gasteiger partial charge in [-0.3, -0.25) is 0 Å². The molecule has 2 rings (SSSR count). The van der Waals surface area contributed by atoms with E-state index < -0.39 is 18.3 Å². The van der Waals surface area contributed by atoms with E-state index in [0.29, 0.717) is 19.8 Å².